The summed E-state index contributed by atoms with van der Waals surface area (Å²) in [6.07, 6.45) is 2.54. The molecule has 0 aliphatic carbocycles. The van der Waals surface area contributed by atoms with Gasteiger partial charge in [-0.25, -0.2) is 0 Å². The third-order valence-electron chi connectivity index (χ3n) is 1.83. The van der Waals surface area contributed by atoms with Crippen LogP contribution < -0.4 is 0 Å². The molecule has 0 fully saturated rings. The Morgan fingerprint density at radius 1 is 1.08 bits per heavy atom. The topological polar surface area (TPSA) is 9.23 Å². The van der Waals surface area contributed by atoms with E-state index in [9.17, 15) is 0 Å². The van der Waals surface area contributed by atoms with Gasteiger partial charge in [-0.3, -0.25) is 0 Å². The average molecular weight is 188 g/mol. The molecule has 0 aliphatic rings. The Hall–Kier alpha value is -0.0400. The van der Waals surface area contributed by atoms with Crippen LogP contribution >= 0.6 is 0 Å². The van der Waals surface area contributed by atoms with E-state index in [4.69, 9.17) is 4.74 Å². The molecule has 0 heterocycles. The van der Waals surface area contributed by atoms with E-state index < -0.39 is 0 Å². The summed E-state index contributed by atoms with van der Waals surface area (Å²) in [4.78, 5) is 0. The van der Waals surface area contributed by atoms with Crippen molar-refractivity contribution in [2.24, 2.45) is 11.8 Å². The van der Waals surface area contributed by atoms with Crippen molar-refractivity contribution >= 4 is 0 Å². The molecule has 82 valence electrons. The minimum absolute atomic E-state index is 0.821. The lowest BCUT2D eigenvalue weighted by Gasteiger charge is -2.12. The summed E-state index contributed by atoms with van der Waals surface area (Å²) in [6, 6.07) is 0. The minimum atomic E-state index is 0.821. The largest absolute Gasteiger partial charge is 0.382 e. The third kappa shape index (κ3) is 14.8. The highest BCUT2D eigenvalue weighted by atomic mass is 16.5. The fourth-order valence-corrected chi connectivity index (χ4v) is 1.35. The first kappa shape index (κ1) is 15.4. The van der Waals surface area contributed by atoms with E-state index >= 15 is 0 Å². The first-order valence-corrected chi connectivity index (χ1v) is 5.74. The maximum atomic E-state index is 5.29. The van der Waals surface area contributed by atoms with Gasteiger partial charge in [-0.15, -0.1) is 0 Å². The quantitative estimate of drug-likeness (QED) is 0.570. The highest BCUT2D eigenvalue weighted by Crippen LogP contribution is 2.13. The molecular formula is C12H28O. The van der Waals surface area contributed by atoms with Crippen LogP contribution in [0.4, 0.5) is 0 Å². The second-order valence-electron chi connectivity index (χ2n) is 3.72. The zero-order valence-electron chi connectivity index (χ0n) is 10.4. The van der Waals surface area contributed by atoms with Crippen molar-refractivity contribution in [3.05, 3.63) is 0 Å². The molecule has 0 N–H and O–H groups in total. The van der Waals surface area contributed by atoms with Crippen molar-refractivity contribution in [3.8, 4) is 0 Å². The monoisotopic (exact) mass is 188 g/mol. The number of rotatable bonds is 6. The molecule has 0 saturated heterocycles. The van der Waals surface area contributed by atoms with Gasteiger partial charge in [-0.1, -0.05) is 34.6 Å². The fraction of sp³-hybridized carbons (Fsp3) is 1.00. The molecule has 0 aliphatic heterocycles. The summed E-state index contributed by atoms with van der Waals surface area (Å²) in [6.45, 7) is 14.7. The summed E-state index contributed by atoms with van der Waals surface area (Å²) in [5, 5.41) is 0. The number of hydrogen-bond donors (Lipinski definition) is 0. The summed E-state index contributed by atoms with van der Waals surface area (Å²) in [5.74, 6) is 1.65. The van der Waals surface area contributed by atoms with E-state index in [1.807, 2.05) is 20.8 Å². The van der Waals surface area contributed by atoms with Gasteiger partial charge < -0.3 is 4.74 Å². The number of hydrogen-bond acceptors (Lipinski definition) is 1. The van der Waals surface area contributed by atoms with Crippen LogP contribution in [0.2, 0.25) is 0 Å². The Kier molecular flexibility index (Phi) is 14.2. The Morgan fingerprint density at radius 2 is 1.62 bits per heavy atom. The first-order valence-electron chi connectivity index (χ1n) is 5.74. The molecule has 13 heavy (non-hydrogen) atoms. The molecule has 0 spiro atoms. The zero-order chi connectivity index (χ0) is 10.7. The lowest BCUT2D eigenvalue weighted by molar-refractivity contribution is 0.131. The summed E-state index contributed by atoms with van der Waals surface area (Å²) in [7, 11) is 0. The van der Waals surface area contributed by atoms with Gasteiger partial charge in [-0.05, 0) is 31.6 Å². The highest BCUT2D eigenvalue weighted by molar-refractivity contribution is 4.55. The van der Waals surface area contributed by atoms with Crippen molar-refractivity contribution < 1.29 is 4.74 Å². The molecule has 0 bridgehead atoms. The van der Waals surface area contributed by atoms with Crippen LogP contribution in [0.15, 0.2) is 0 Å². The van der Waals surface area contributed by atoms with Crippen molar-refractivity contribution in [2.75, 3.05) is 13.2 Å². The highest BCUT2D eigenvalue weighted by Gasteiger charge is 2.03. The Morgan fingerprint density at radius 3 is 2.00 bits per heavy atom. The van der Waals surface area contributed by atoms with E-state index in [0.717, 1.165) is 25.0 Å². The molecule has 0 saturated carbocycles. The van der Waals surface area contributed by atoms with E-state index in [0.29, 0.717) is 0 Å². The maximum absolute atomic E-state index is 5.29. The molecule has 0 radical (unpaired) electrons. The van der Waals surface area contributed by atoms with Crippen LogP contribution in [-0.4, -0.2) is 13.2 Å². The third-order valence-corrected chi connectivity index (χ3v) is 1.83. The lowest BCUT2D eigenvalue weighted by Crippen LogP contribution is -2.04. The molecule has 0 aromatic rings. The smallest absolute Gasteiger partial charge is 0.0468 e. The molecule has 0 aromatic carbocycles. The number of ether oxygens (including phenoxy) is 1. The van der Waals surface area contributed by atoms with Crippen molar-refractivity contribution in [2.45, 2.75) is 54.4 Å². The maximum Gasteiger partial charge on any atom is 0.0468 e. The fourth-order valence-electron chi connectivity index (χ4n) is 1.35. The van der Waals surface area contributed by atoms with Gasteiger partial charge in [0.15, 0.2) is 0 Å². The van der Waals surface area contributed by atoms with E-state index in [1.165, 1.54) is 12.8 Å². The van der Waals surface area contributed by atoms with Gasteiger partial charge in [0.2, 0.25) is 0 Å². The average Bonchev–Trinajstić information content (AvgIpc) is 2.07. The summed E-state index contributed by atoms with van der Waals surface area (Å²) >= 11 is 0. The van der Waals surface area contributed by atoms with Crippen molar-refractivity contribution in [1.82, 2.24) is 0 Å². The van der Waals surface area contributed by atoms with Crippen LogP contribution in [0.3, 0.4) is 0 Å². The van der Waals surface area contributed by atoms with Gasteiger partial charge >= 0.3 is 0 Å². The Balaban J connectivity index is 0. The second-order valence-corrected chi connectivity index (χ2v) is 3.72. The molecule has 1 nitrogen and oxygen atoms in total. The summed E-state index contributed by atoms with van der Waals surface area (Å²) in [5.41, 5.74) is 0. The van der Waals surface area contributed by atoms with E-state index in [1.54, 1.807) is 0 Å². The van der Waals surface area contributed by atoms with Crippen molar-refractivity contribution in [1.29, 1.82) is 0 Å². The molecule has 0 amide bonds. The molecule has 1 heteroatoms. The van der Waals surface area contributed by atoms with E-state index in [-0.39, 0.29) is 0 Å². The van der Waals surface area contributed by atoms with Crippen LogP contribution in [0.1, 0.15) is 54.4 Å². The van der Waals surface area contributed by atoms with Crippen molar-refractivity contribution in [3.63, 3.8) is 0 Å². The standard InChI is InChI=1S/C10H22O.C2H6/c1-5-11-7-6-10(4)8-9(2)3;1-2/h9-10H,5-8H2,1-4H3;1-2H3. The molecule has 1 unspecified atom stereocenters. The summed E-state index contributed by atoms with van der Waals surface area (Å²) < 4.78 is 5.29. The minimum Gasteiger partial charge on any atom is -0.382 e. The van der Waals surface area contributed by atoms with E-state index in [2.05, 4.69) is 20.8 Å². The normalized spacial score (nSPS) is 12.2. The van der Waals surface area contributed by atoms with Crippen LogP contribution in [0.5, 0.6) is 0 Å². The van der Waals surface area contributed by atoms with Gasteiger partial charge in [0.1, 0.15) is 0 Å². The first-order chi connectivity index (χ1) is 6.16. The molecule has 0 aromatic heterocycles. The van der Waals surface area contributed by atoms with Crippen LogP contribution in [-0.2, 0) is 4.74 Å². The van der Waals surface area contributed by atoms with Gasteiger partial charge in [-0.2, -0.15) is 0 Å². The lowest BCUT2D eigenvalue weighted by atomic mass is 9.96. The Bertz CT molecular complexity index is 79.2. The van der Waals surface area contributed by atoms with Gasteiger partial charge in [0.05, 0.1) is 0 Å². The molecule has 0 rings (SSSR count). The van der Waals surface area contributed by atoms with Crippen LogP contribution in [0.25, 0.3) is 0 Å². The predicted octanol–water partition coefficient (Wildman–Crippen LogP) is 4.12. The van der Waals surface area contributed by atoms with Gasteiger partial charge in [0, 0.05) is 13.2 Å². The SMILES string of the molecule is CC.CCOCCC(C)CC(C)C. The van der Waals surface area contributed by atoms with Gasteiger partial charge in [0.25, 0.3) is 0 Å². The molecular weight excluding hydrogens is 160 g/mol. The zero-order valence-corrected chi connectivity index (χ0v) is 10.4. The predicted molar refractivity (Wildman–Crippen MR) is 61.1 cm³/mol. The Labute approximate surface area is 84.9 Å². The van der Waals surface area contributed by atoms with Crippen LogP contribution in [0, 0.1) is 11.8 Å². The second kappa shape index (κ2) is 12.0. The molecule has 1 atom stereocenters.